The number of nitrogens with zero attached hydrogens (tertiary/aromatic N) is 3. The van der Waals surface area contributed by atoms with E-state index in [2.05, 4.69) is 21.7 Å². The van der Waals surface area contributed by atoms with Crippen molar-refractivity contribution in [2.24, 2.45) is 11.1 Å². The average Bonchev–Trinajstić information content (AvgIpc) is 3.02. The molecule has 2 aliphatic heterocycles. The number of piperazine rings is 1. The largest absolute Gasteiger partial charge is 0.379 e. The summed E-state index contributed by atoms with van der Waals surface area (Å²) in [6.07, 6.45) is 1.88. The summed E-state index contributed by atoms with van der Waals surface area (Å²) in [7, 11) is 0. The highest BCUT2D eigenvalue weighted by Crippen LogP contribution is 2.29. The molecular weight excluding hydrogens is 260 g/mol. The Morgan fingerprint density at radius 1 is 1.47 bits per heavy atom. The smallest absolute Gasteiger partial charge is 0.185 e. The van der Waals surface area contributed by atoms with E-state index >= 15 is 0 Å². The van der Waals surface area contributed by atoms with Crippen LogP contribution in [0.2, 0.25) is 0 Å². The van der Waals surface area contributed by atoms with Crippen LogP contribution in [-0.2, 0) is 4.74 Å². The molecule has 0 spiro atoms. The second-order valence-electron chi connectivity index (χ2n) is 5.85. The molecule has 6 heteroatoms. The van der Waals surface area contributed by atoms with Crippen LogP contribution in [0.3, 0.4) is 0 Å². The molecule has 0 saturated carbocycles. The molecule has 2 aliphatic rings. The fourth-order valence-electron chi connectivity index (χ4n) is 2.87. The van der Waals surface area contributed by atoms with E-state index in [1.54, 1.807) is 11.3 Å². The van der Waals surface area contributed by atoms with Crippen LogP contribution in [-0.4, -0.2) is 61.9 Å². The van der Waals surface area contributed by atoms with E-state index in [-0.39, 0.29) is 11.5 Å². The zero-order chi connectivity index (χ0) is 13.3. The van der Waals surface area contributed by atoms with Gasteiger partial charge < -0.3 is 15.4 Å². The van der Waals surface area contributed by atoms with Crippen molar-refractivity contribution in [2.75, 3.05) is 50.8 Å². The van der Waals surface area contributed by atoms with Gasteiger partial charge in [0.2, 0.25) is 0 Å². The minimum atomic E-state index is 0.114. The molecule has 2 N–H and O–H groups in total. The van der Waals surface area contributed by atoms with E-state index in [4.69, 9.17) is 10.5 Å². The van der Waals surface area contributed by atoms with Crippen molar-refractivity contribution in [1.29, 1.82) is 0 Å². The van der Waals surface area contributed by atoms with Crippen molar-refractivity contribution in [3.8, 4) is 0 Å². The van der Waals surface area contributed by atoms with Crippen LogP contribution < -0.4 is 10.6 Å². The van der Waals surface area contributed by atoms with E-state index in [0.717, 1.165) is 44.5 Å². The van der Waals surface area contributed by atoms with Crippen molar-refractivity contribution in [2.45, 2.75) is 13.0 Å². The van der Waals surface area contributed by atoms with Crippen LogP contribution in [0.25, 0.3) is 0 Å². The van der Waals surface area contributed by atoms with Crippen LogP contribution in [0, 0.1) is 5.41 Å². The number of thiazole rings is 1. The van der Waals surface area contributed by atoms with Crippen molar-refractivity contribution < 1.29 is 4.74 Å². The normalized spacial score (nSPS) is 32.9. The highest BCUT2D eigenvalue weighted by Gasteiger charge is 2.39. The molecule has 0 bridgehead atoms. The van der Waals surface area contributed by atoms with Crippen LogP contribution in [0.15, 0.2) is 11.6 Å². The maximum atomic E-state index is 6.16. The van der Waals surface area contributed by atoms with Gasteiger partial charge in [0.1, 0.15) is 0 Å². The Hall–Kier alpha value is -0.690. The van der Waals surface area contributed by atoms with Crippen molar-refractivity contribution in [1.82, 2.24) is 9.88 Å². The molecule has 2 fully saturated rings. The first-order valence-corrected chi connectivity index (χ1v) is 7.75. The Morgan fingerprint density at radius 3 is 2.84 bits per heavy atom. The number of ether oxygens (including phenoxy) is 1. The molecule has 0 amide bonds. The molecule has 1 aromatic rings. The van der Waals surface area contributed by atoms with Crippen LogP contribution >= 0.6 is 11.3 Å². The summed E-state index contributed by atoms with van der Waals surface area (Å²) in [5.74, 6) is 0. The lowest BCUT2D eigenvalue weighted by molar-refractivity contribution is 0.115. The number of anilines is 1. The molecule has 0 aliphatic carbocycles. The number of hydrogen-bond acceptors (Lipinski definition) is 6. The highest BCUT2D eigenvalue weighted by molar-refractivity contribution is 7.13. The number of hydrogen-bond donors (Lipinski definition) is 1. The third kappa shape index (κ3) is 2.76. The SMILES string of the molecule is CC1(CN2CCN(c3nccs3)CC2)COCC1N. The predicted molar refractivity (Wildman–Crippen MR) is 77.7 cm³/mol. The van der Waals surface area contributed by atoms with Crippen LogP contribution in [0.5, 0.6) is 0 Å². The van der Waals surface area contributed by atoms with Crippen LogP contribution in [0.1, 0.15) is 6.92 Å². The minimum absolute atomic E-state index is 0.114. The summed E-state index contributed by atoms with van der Waals surface area (Å²) in [6.45, 7) is 9.07. The van der Waals surface area contributed by atoms with Gasteiger partial charge in [-0.3, -0.25) is 4.90 Å². The summed E-state index contributed by atoms with van der Waals surface area (Å²) in [5, 5.41) is 3.18. The summed E-state index contributed by atoms with van der Waals surface area (Å²) in [6, 6.07) is 0.171. The Balaban J connectivity index is 1.53. The second-order valence-corrected chi connectivity index (χ2v) is 6.73. The maximum absolute atomic E-state index is 6.16. The predicted octanol–water partition coefficient (Wildman–Crippen LogP) is 0.629. The summed E-state index contributed by atoms with van der Waals surface area (Å²) in [4.78, 5) is 9.26. The molecule has 2 atom stereocenters. The summed E-state index contributed by atoms with van der Waals surface area (Å²) in [5.41, 5.74) is 6.28. The minimum Gasteiger partial charge on any atom is -0.379 e. The molecule has 5 nitrogen and oxygen atoms in total. The van der Waals surface area contributed by atoms with Gasteiger partial charge in [0.05, 0.1) is 13.2 Å². The lowest BCUT2D eigenvalue weighted by Gasteiger charge is -2.39. The molecule has 2 unspecified atom stereocenters. The Morgan fingerprint density at radius 2 is 2.26 bits per heavy atom. The van der Waals surface area contributed by atoms with E-state index in [1.807, 2.05) is 11.6 Å². The third-order valence-electron chi connectivity index (χ3n) is 4.27. The Labute approximate surface area is 118 Å². The Kier molecular flexibility index (Phi) is 3.75. The first kappa shape index (κ1) is 13.3. The van der Waals surface area contributed by atoms with Crippen molar-refractivity contribution >= 4 is 16.5 Å². The number of rotatable bonds is 3. The lowest BCUT2D eigenvalue weighted by Crippen LogP contribution is -2.53. The number of aromatic nitrogens is 1. The first-order chi connectivity index (χ1) is 9.17. The van der Waals surface area contributed by atoms with Gasteiger partial charge >= 0.3 is 0 Å². The Bertz CT molecular complexity index is 405. The molecule has 3 rings (SSSR count). The quantitative estimate of drug-likeness (QED) is 0.881. The summed E-state index contributed by atoms with van der Waals surface area (Å²) >= 11 is 1.72. The highest BCUT2D eigenvalue weighted by atomic mass is 32.1. The molecule has 1 aromatic heterocycles. The fraction of sp³-hybridized carbons (Fsp3) is 0.769. The topological polar surface area (TPSA) is 54.6 Å². The molecular formula is C13H22N4OS. The molecule has 0 radical (unpaired) electrons. The summed E-state index contributed by atoms with van der Waals surface area (Å²) < 4.78 is 5.52. The third-order valence-corrected chi connectivity index (χ3v) is 5.10. The lowest BCUT2D eigenvalue weighted by atomic mass is 9.85. The standard InChI is InChI=1S/C13H22N4OS/c1-13(10-18-8-11(13)14)9-16-3-5-17(6-4-16)12-15-2-7-19-12/h2,7,11H,3-6,8-10,14H2,1H3. The first-order valence-electron chi connectivity index (χ1n) is 6.87. The van der Waals surface area contributed by atoms with E-state index < -0.39 is 0 Å². The molecule has 19 heavy (non-hydrogen) atoms. The number of nitrogens with two attached hydrogens (primary N) is 1. The van der Waals surface area contributed by atoms with E-state index in [1.165, 1.54) is 0 Å². The average molecular weight is 282 g/mol. The van der Waals surface area contributed by atoms with Gasteiger partial charge in [-0.05, 0) is 0 Å². The zero-order valence-electron chi connectivity index (χ0n) is 11.4. The van der Waals surface area contributed by atoms with Gasteiger partial charge in [0.25, 0.3) is 0 Å². The van der Waals surface area contributed by atoms with Crippen molar-refractivity contribution in [3.05, 3.63) is 11.6 Å². The van der Waals surface area contributed by atoms with Gasteiger partial charge in [0.15, 0.2) is 5.13 Å². The molecule has 106 valence electrons. The van der Waals surface area contributed by atoms with E-state index in [9.17, 15) is 0 Å². The van der Waals surface area contributed by atoms with Gasteiger partial charge in [-0.15, -0.1) is 11.3 Å². The molecule has 0 aromatic carbocycles. The molecule has 2 saturated heterocycles. The van der Waals surface area contributed by atoms with Gasteiger partial charge in [-0.25, -0.2) is 4.98 Å². The maximum Gasteiger partial charge on any atom is 0.185 e. The second kappa shape index (κ2) is 5.36. The van der Waals surface area contributed by atoms with Crippen LogP contribution in [0.4, 0.5) is 5.13 Å². The molecule has 3 heterocycles. The van der Waals surface area contributed by atoms with E-state index in [0.29, 0.717) is 6.61 Å². The monoisotopic (exact) mass is 282 g/mol. The van der Waals surface area contributed by atoms with Gasteiger partial charge in [0, 0.05) is 55.8 Å². The fourth-order valence-corrected chi connectivity index (χ4v) is 3.57. The zero-order valence-corrected chi connectivity index (χ0v) is 12.2. The van der Waals surface area contributed by atoms with Crippen molar-refractivity contribution in [3.63, 3.8) is 0 Å². The van der Waals surface area contributed by atoms with Gasteiger partial charge in [-0.2, -0.15) is 0 Å². The van der Waals surface area contributed by atoms with Gasteiger partial charge in [-0.1, -0.05) is 6.92 Å².